The van der Waals surface area contributed by atoms with Crippen LogP contribution < -0.4 is 0 Å². The molecule has 0 fully saturated rings. The highest BCUT2D eigenvalue weighted by Crippen LogP contribution is 2.34. The molecule has 0 unspecified atom stereocenters. The van der Waals surface area contributed by atoms with Crippen molar-refractivity contribution in [3.05, 3.63) is 53.3 Å². The quantitative estimate of drug-likeness (QED) is 0.532. The minimum Gasteiger partial charge on any atom is -0.285 e. The summed E-state index contributed by atoms with van der Waals surface area (Å²) in [6, 6.07) is 5.30. The molecule has 0 spiro atoms. The number of para-hydroxylation sites is 1. The molecule has 3 aromatic heterocycles. The average Bonchev–Trinajstić information content (AvgIpc) is 3.16. The average molecular weight is 366 g/mol. The van der Waals surface area contributed by atoms with Crippen LogP contribution in [0.5, 0.6) is 0 Å². The van der Waals surface area contributed by atoms with E-state index in [0.29, 0.717) is 16.2 Å². The van der Waals surface area contributed by atoms with Crippen molar-refractivity contribution in [2.24, 2.45) is 0 Å². The highest BCUT2D eigenvalue weighted by Gasteiger charge is 2.37. The van der Waals surface area contributed by atoms with Gasteiger partial charge >= 0.3 is 6.18 Å². The molecule has 128 valence electrons. The van der Waals surface area contributed by atoms with Gasteiger partial charge in [-0.15, -0.1) is 0 Å². The fourth-order valence-corrected chi connectivity index (χ4v) is 3.20. The maximum absolute atomic E-state index is 13.3. The van der Waals surface area contributed by atoms with Gasteiger partial charge in [-0.1, -0.05) is 30.7 Å². The first-order chi connectivity index (χ1) is 11.9. The minimum atomic E-state index is -4.54. The molecule has 5 nitrogen and oxygen atoms in total. The summed E-state index contributed by atoms with van der Waals surface area (Å²) in [6.07, 6.45) is -0.0236. The fourth-order valence-electron chi connectivity index (χ4n) is 2.93. The van der Waals surface area contributed by atoms with E-state index in [1.54, 1.807) is 25.3 Å². The summed E-state index contributed by atoms with van der Waals surface area (Å²) in [6.45, 7) is 1.64. The normalized spacial score (nSPS) is 12.4. The molecule has 9 heteroatoms. The van der Waals surface area contributed by atoms with E-state index < -0.39 is 11.9 Å². The van der Waals surface area contributed by atoms with Gasteiger partial charge in [0.1, 0.15) is 12.0 Å². The minimum absolute atomic E-state index is 0.0550. The van der Waals surface area contributed by atoms with Gasteiger partial charge in [-0.05, 0) is 12.5 Å². The van der Waals surface area contributed by atoms with Crippen molar-refractivity contribution in [3.63, 3.8) is 0 Å². The summed E-state index contributed by atoms with van der Waals surface area (Å²) in [5, 5.41) is 5.47. The van der Waals surface area contributed by atoms with Crippen LogP contribution in [0.4, 0.5) is 13.2 Å². The Morgan fingerprint density at radius 1 is 1.20 bits per heavy atom. The lowest BCUT2D eigenvalue weighted by Gasteiger charge is -2.07. The topological polar surface area (TPSA) is 48.0 Å². The smallest absolute Gasteiger partial charge is 0.285 e. The second kappa shape index (κ2) is 5.45. The van der Waals surface area contributed by atoms with Gasteiger partial charge in [0.25, 0.3) is 0 Å². The maximum Gasteiger partial charge on any atom is 0.435 e. The van der Waals surface area contributed by atoms with Crippen LogP contribution in [-0.4, -0.2) is 24.1 Å². The second-order valence-corrected chi connectivity index (χ2v) is 5.87. The highest BCUT2D eigenvalue weighted by molar-refractivity contribution is 6.35. The summed E-state index contributed by atoms with van der Waals surface area (Å²) in [7, 11) is 0. The zero-order valence-corrected chi connectivity index (χ0v) is 13.7. The number of halogens is 4. The van der Waals surface area contributed by atoms with E-state index in [1.807, 2.05) is 6.07 Å². The molecular formula is C16H11ClF3N5. The van der Waals surface area contributed by atoms with Crippen molar-refractivity contribution >= 4 is 28.2 Å². The van der Waals surface area contributed by atoms with Crippen molar-refractivity contribution in [2.45, 2.75) is 19.5 Å². The molecule has 4 aromatic rings. The first kappa shape index (κ1) is 15.9. The number of rotatable bonds is 2. The molecule has 0 aliphatic rings. The van der Waals surface area contributed by atoms with Crippen molar-refractivity contribution in [1.82, 2.24) is 24.1 Å². The Kier molecular flexibility index (Phi) is 3.47. The monoisotopic (exact) mass is 365 g/mol. The zero-order chi connectivity index (χ0) is 17.8. The van der Waals surface area contributed by atoms with E-state index in [4.69, 9.17) is 11.6 Å². The first-order valence-corrected chi connectivity index (χ1v) is 7.84. The SMILES string of the molecule is CCc1c(C(F)(F)F)nc2c(-n3ncc4cccc(Cl)c43)cncn12. The van der Waals surface area contributed by atoms with Crippen LogP contribution >= 0.6 is 11.6 Å². The molecule has 0 aliphatic heterocycles. The molecule has 0 saturated heterocycles. The third kappa shape index (κ3) is 2.36. The molecule has 25 heavy (non-hydrogen) atoms. The number of fused-ring (bicyclic) bond motifs is 2. The van der Waals surface area contributed by atoms with Crippen molar-refractivity contribution in [3.8, 4) is 5.69 Å². The number of aromatic nitrogens is 5. The number of aryl methyl sites for hydroxylation is 1. The van der Waals surface area contributed by atoms with Gasteiger partial charge in [-0.3, -0.25) is 4.40 Å². The summed E-state index contributed by atoms with van der Waals surface area (Å²) < 4.78 is 42.8. The molecule has 0 amide bonds. The Labute approximate surface area is 144 Å². The summed E-state index contributed by atoms with van der Waals surface area (Å²) in [4.78, 5) is 7.90. The number of hydrogen-bond donors (Lipinski definition) is 0. The lowest BCUT2D eigenvalue weighted by Crippen LogP contribution is -2.09. The van der Waals surface area contributed by atoms with E-state index in [9.17, 15) is 13.2 Å². The first-order valence-electron chi connectivity index (χ1n) is 7.46. The van der Waals surface area contributed by atoms with Crippen molar-refractivity contribution < 1.29 is 13.2 Å². The van der Waals surface area contributed by atoms with E-state index in [-0.39, 0.29) is 17.8 Å². The molecule has 0 bridgehead atoms. The largest absolute Gasteiger partial charge is 0.435 e. The van der Waals surface area contributed by atoms with Crippen LogP contribution in [0.15, 0.2) is 36.9 Å². The van der Waals surface area contributed by atoms with Crippen molar-refractivity contribution in [1.29, 1.82) is 0 Å². The van der Waals surface area contributed by atoms with Crippen molar-refractivity contribution in [2.75, 3.05) is 0 Å². The predicted molar refractivity (Wildman–Crippen MR) is 87.0 cm³/mol. The van der Waals surface area contributed by atoms with Crippen LogP contribution in [0.2, 0.25) is 5.02 Å². The van der Waals surface area contributed by atoms with E-state index >= 15 is 0 Å². The predicted octanol–water partition coefficient (Wildman–Crippen LogP) is 4.30. The molecule has 0 radical (unpaired) electrons. The number of hydrogen-bond acceptors (Lipinski definition) is 3. The van der Waals surface area contributed by atoms with Crippen LogP contribution in [0.1, 0.15) is 18.3 Å². The Hall–Kier alpha value is -2.61. The van der Waals surface area contributed by atoms with Gasteiger partial charge in [-0.25, -0.2) is 14.6 Å². The Balaban J connectivity index is 2.07. The molecule has 3 heterocycles. The van der Waals surface area contributed by atoms with Crippen LogP contribution in [-0.2, 0) is 12.6 Å². The van der Waals surface area contributed by atoms with Crippen LogP contribution in [0.3, 0.4) is 0 Å². The van der Waals surface area contributed by atoms with E-state index in [0.717, 1.165) is 5.39 Å². The summed E-state index contributed by atoms with van der Waals surface area (Å²) in [5.41, 5.74) is 0.194. The van der Waals surface area contributed by atoms with Crippen LogP contribution in [0.25, 0.3) is 22.2 Å². The molecule has 0 N–H and O–H groups in total. The van der Waals surface area contributed by atoms with E-state index in [1.165, 1.54) is 21.6 Å². The van der Waals surface area contributed by atoms with Gasteiger partial charge in [-0.2, -0.15) is 18.3 Å². The number of alkyl halides is 3. The molecule has 0 saturated carbocycles. The Bertz CT molecular complexity index is 1100. The molecule has 0 aliphatic carbocycles. The Morgan fingerprint density at radius 2 is 2.00 bits per heavy atom. The zero-order valence-electron chi connectivity index (χ0n) is 12.9. The second-order valence-electron chi connectivity index (χ2n) is 5.46. The van der Waals surface area contributed by atoms with Gasteiger partial charge in [0.15, 0.2) is 11.3 Å². The molecule has 1 aromatic carbocycles. The van der Waals surface area contributed by atoms with Gasteiger partial charge < -0.3 is 0 Å². The fraction of sp³-hybridized carbons (Fsp3) is 0.188. The number of benzene rings is 1. The van der Waals surface area contributed by atoms with Crippen LogP contribution in [0, 0.1) is 0 Å². The summed E-state index contributed by atoms with van der Waals surface area (Å²) in [5.74, 6) is 0. The van der Waals surface area contributed by atoms with Gasteiger partial charge in [0, 0.05) is 5.39 Å². The lowest BCUT2D eigenvalue weighted by molar-refractivity contribution is -0.141. The maximum atomic E-state index is 13.3. The third-order valence-electron chi connectivity index (χ3n) is 3.99. The Morgan fingerprint density at radius 3 is 2.72 bits per heavy atom. The van der Waals surface area contributed by atoms with Gasteiger partial charge in [0.2, 0.25) is 0 Å². The molecule has 0 atom stereocenters. The lowest BCUT2D eigenvalue weighted by atomic mass is 10.2. The standard InChI is InChI=1S/C16H11ClF3N5/c1-2-11-14(16(18,19)20)23-15-12(7-21-8-24(11)15)25-13-9(6-22-25)4-3-5-10(13)17/h3-8H,2H2,1H3. The number of nitrogens with zero attached hydrogens (tertiary/aromatic N) is 5. The highest BCUT2D eigenvalue weighted by atomic mass is 35.5. The third-order valence-corrected chi connectivity index (χ3v) is 4.30. The molecule has 4 rings (SSSR count). The molecular weight excluding hydrogens is 355 g/mol. The number of imidazole rings is 1. The summed E-state index contributed by atoms with van der Waals surface area (Å²) >= 11 is 6.25. The van der Waals surface area contributed by atoms with E-state index in [2.05, 4.69) is 15.1 Å². The van der Waals surface area contributed by atoms with Gasteiger partial charge in [0.05, 0.1) is 28.6 Å².